The summed E-state index contributed by atoms with van der Waals surface area (Å²) in [6, 6.07) is 7.19. The minimum absolute atomic E-state index is 0.0735. The Bertz CT molecular complexity index is 1170. The van der Waals surface area contributed by atoms with Gasteiger partial charge in [-0.3, -0.25) is 9.59 Å². The van der Waals surface area contributed by atoms with Crippen LogP contribution in [0.3, 0.4) is 0 Å². The Kier molecular flexibility index (Phi) is 8.76. The molecule has 0 saturated carbocycles. The highest BCUT2D eigenvalue weighted by Crippen LogP contribution is 2.43. The van der Waals surface area contributed by atoms with Crippen molar-refractivity contribution in [1.82, 2.24) is 9.80 Å². The normalized spacial score (nSPS) is 17.3. The van der Waals surface area contributed by atoms with Crippen LogP contribution in [0, 0.1) is 0 Å². The highest BCUT2D eigenvalue weighted by molar-refractivity contribution is 6.46. The van der Waals surface area contributed by atoms with Gasteiger partial charge in [0, 0.05) is 18.7 Å². The van der Waals surface area contributed by atoms with Crippen molar-refractivity contribution in [2.24, 2.45) is 0 Å². The summed E-state index contributed by atoms with van der Waals surface area (Å²) in [5.41, 5.74) is 0.692. The lowest BCUT2D eigenvalue weighted by Crippen LogP contribution is -2.35. The van der Waals surface area contributed by atoms with Crippen molar-refractivity contribution in [3.63, 3.8) is 0 Å². The molecular formula is C26H30Cl2N2O6. The first-order valence-corrected chi connectivity index (χ1v) is 12.1. The van der Waals surface area contributed by atoms with Crippen LogP contribution in [0.15, 0.2) is 35.9 Å². The Hall–Kier alpha value is -2.94. The number of ether oxygens (including phenoxy) is 3. The Morgan fingerprint density at radius 2 is 1.69 bits per heavy atom. The monoisotopic (exact) mass is 536 g/mol. The van der Waals surface area contributed by atoms with Gasteiger partial charge in [0.05, 0.1) is 42.0 Å². The third-order valence-corrected chi connectivity index (χ3v) is 6.23. The molecule has 0 aromatic heterocycles. The standard InChI is InChI=1S/C26H30Cl2N2O6/c1-14(2)36-19-8-7-15(13-20(19)34-5)22-21(24(32)26(33)30(22)10-9-29(3)4)23(31)16-11-17(27)25(35-6)18(28)12-16/h7-8,11-14,22,31H,9-10H2,1-6H3/b23-21+. The van der Waals surface area contributed by atoms with Crippen LogP contribution in [0.2, 0.25) is 10.0 Å². The van der Waals surface area contributed by atoms with E-state index in [-0.39, 0.29) is 39.6 Å². The summed E-state index contributed by atoms with van der Waals surface area (Å²) in [6.45, 7) is 4.56. The SMILES string of the molecule is COc1cc(C2/C(=C(\O)c3cc(Cl)c(OC)c(Cl)c3)C(=O)C(=O)N2CCN(C)C)ccc1OC(C)C. The largest absolute Gasteiger partial charge is 0.507 e. The van der Waals surface area contributed by atoms with E-state index in [4.69, 9.17) is 37.4 Å². The number of ketones is 1. The Morgan fingerprint density at radius 3 is 2.22 bits per heavy atom. The molecule has 2 aromatic carbocycles. The fraction of sp³-hybridized carbons (Fsp3) is 0.385. The number of likely N-dealkylation sites (tertiary alicyclic amines) is 1. The minimum Gasteiger partial charge on any atom is -0.507 e. The summed E-state index contributed by atoms with van der Waals surface area (Å²) >= 11 is 12.5. The van der Waals surface area contributed by atoms with Crippen LogP contribution in [0.5, 0.6) is 17.2 Å². The van der Waals surface area contributed by atoms with Crippen molar-refractivity contribution in [3.8, 4) is 17.2 Å². The molecule has 0 aliphatic carbocycles. The lowest BCUT2D eigenvalue weighted by atomic mass is 9.95. The smallest absolute Gasteiger partial charge is 0.295 e. The molecule has 1 aliphatic heterocycles. The molecular weight excluding hydrogens is 507 g/mol. The number of halogens is 2. The molecule has 194 valence electrons. The van der Waals surface area contributed by atoms with Crippen LogP contribution in [-0.2, 0) is 9.59 Å². The number of aliphatic hydroxyl groups is 1. The van der Waals surface area contributed by atoms with E-state index >= 15 is 0 Å². The predicted octanol–water partition coefficient (Wildman–Crippen LogP) is 4.78. The lowest BCUT2D eigenvalue weighted by Gasteiger charge is -2.27. The highest BCUT2D eigenvalue weighted by Gasteiger charge is 2.46. The summed E-state index contributed by atoms with van der Waals surface area (Å²) in [5, 5.41) is 11.6. The molecule has 36 heavy (non-hydrogen) atoms. The van der Waals surface area contributed by atoms with Gasteiger partial charge in [-0.15, -0.1) is 0 Å². The van der Waals surface area contributed by atoms with E-state index in [1.165, 1.54) is 31.3 Å². The topological polar surface area (TPSA) is 88.5 Å². The van der Waals surface area contributed by atoms with Gasteiger partial charge in [0.25, 0.3) is 11.7 Å². The molecule has 1 unspecified atom stereocenters. The van der Waals surface area contributed by atoms with Crippen LogP contribution >= 0.6 is 23.2 Å². The van der Waals surface area contributed by atoms with Gasteiger partial charge in [-0.05, 0) is 57.8 Å². The number of likely N-dealkylation sites (N-methyl/N-ethyl adjacent to an activating group) is 1. The first kappa shape index (κ1) is 27.6. The summed E-state index contributed by atoms with van der Waals surface area (Å²) in [5.74, 6) is -0.705. The summed E-state index contributed by atoms with van der Waals surface area (Å²) in [6.07, 6.45) is -0.0833. The zero-order valence-electron chi connectivity index (χ0n) is 21.1. The fourth-order valence-corrected chi connectivity index (χ4v) is 4.66. The minimum atomic E-state index is -0.869. The molecule has 1 saturated heterocycles. The van der Waals surface area contributed by atoms with Crippen molar-refractivity contribution in [3.05, 3.63) is 57.1 Å². The van der Waals surface area contributed by atoms with E-state index < -0.39 is 23.5 Å². The van der Waals surface area contributed by atoms with E-state index in [9.17, 15) is 14.7 Å². The van der Waals surface area contributed by atoms with E-state index in [0.29, 0.717) is 23.6 Å². The number of rotatable bonds is 9. The highest BCUT2D eigenvalue weighted by atomic mass is 35.5. The van der Waals surface area contributed by atoms with Crippen molar-refractivity contribution in [2.75, 3.05) is 41.4 Å². The number of Topliss-reactive ketones (excluding diaryl/α,β-unsaturated/α-hetero) is 1. The molecule has 0 bridgehead atoms. The Labute approximate surface area is 220 Å². The number of amides is 1. The average molecular weight is 537 g/mol. The van der Waals surface area contributed by atoms with Gasteiger partial charge in [0.1, 0.15) is 5.76 Å². The number of aliphatic hydroxyl groups excluding tert-OH is 1. The maximum absolute atomic E-state index is 13.2. The van der Waals surface area contributed by atoms with Crippen LogP contribution in [0.4, 0.5) is 0 Å². The first-order valence-electron chi connectivity index (χ1n) is 11.3. The fourth-order valence-electron chi connectivity index (χ4n) is 4.02. The number of methoxy groups -OCH3 is 2. The molecule has 2 aromatic rings. The van der Waals surface area contributed by atoms with Crippen molar-refractivity contribution in [1.29, 1.82) is 0 Å². The van der Waals surface area contributed by atoms with Gasteiger partial charge in [-0.2, -0.15) is 0 Å². The molecule has 0 radical (unpaired) electrons. The second-order valence-corrected chi connectivity index (χ2v) is 9.66. The van der Waals surface area contributed by atoms with Crippen molar-refractivity contribution < 1.29 is 28.9 Å². The van der Waals surface area contributed by atoms with E-state index in [0.717, 1.165) is 0 Å². The second kappa shape index (κ2) is 11.4. The molecule has 0 spiro atoms. The van der Waals surface area contributed by atoms with Crippen molar-refractivity contribution >= 4 is 40.7 Å². The predicted molar refractivity (Wildman–Crippen MR) is 139 cm³/mol. The molecule has 1 N–H and O–H groups in total. The molecule has 1 aliphatic rings. The van der Waals surface area contributed by atoms with Gasteiger partial charge in [0.2, 0.25) is 0 Å². The Balaban J connectivity index is 2.21. The zero-order chi connectivity index (χ0) is 26.7. The first-order chi connectivity index (χ1) is 17.0. The molecule has 1 amide bonds. The van der Waals surface area contributed by atoms with E-state index in [1.54, 1.807) is 18.2 Å². The summed E-state index contributed by atoms with van der Waals surface area (Å²) in [4.78, 5) is 29.7. The Morgan fingerprint density at radius 1 is 1.06 bits per heavy atom. The average Bonchev–Trinajstić information content (AvgIpc) is 3.06. The van der Waals surface area contributed by atoms with E-state index in [1.807, 2.05) is 32.8 Å². The third-order valence-electron chi connectivity index (χ3n) is 5.67. The summed E-state index contributed by atoms with van der Waals surface area (Å²) < 4.78 is 16.5. The second-order valence-electron chi connectivity index (χ2n) is 8.85. The van der Waals surface area contributed by atoms with Gasteiger partial charge in [0.15, 0.2) is 17.2 Å². The third kappa shape index (κ3) is 5.56. The molecule has 1 atom stereocenters. The maximum Gasteiger partial charge on any atom is 0.295 e. The maximum atomic E-state index is 13.2. The number of benzene rings is 2. The number of carbonyl (C=O) groups is 2. The molecule has 10 heteroatoms. The van der Waals surface area contributed by atoms with Crippen molar-refractivity contribution in [2.45, 2.75) is 26.0 Å². The van der Waals surface area contributed by atoms with Crippen LogP contribution in [-0.4, -0.2) is 74.1 Å². The van der Waals surface area contributed by atoms with Crippen LogP contribution in [0.1, 0.15) is 31.0 Å². The van der Waals surface area contributed by atoms with Gasteiger partial charge in [-0.25, -0.2) is 0 Å². The van der Waals surface area contributed by atoms with E-state index in [2.05, 4.69) is 0 Å². The van der Waals surface area contributed by atoms with Gasteiger partial charge >= 0.3 is 0 Å². The molecule has 1 heterocycles. The number of carbonyl (C=O) groups excluding carboxylic acids is 2. The zero-order valence-corrected chi connectivity index (χ0v) is 22.6. The molecule has 3 rings (SSSR count). The number of hydrogen-bond acceptors (Lipinski definition) is 7. The number of hydrogen-bond donors (Lipinski definition) is 1. The molecule has 8 nitrogen and oxygen atoms in total. The molecule has 1 fully saturated rings. The quantitative estimate of drug-likeness (QED) is 0.280. The van der Waals surface area contributed by atoms with Crippen LogP contribution < -0.4 is 14.2 Å². The van der Waals surface area contributed by atoms with Gasteiger partial charge in [-0.1, -0.05) is 29.3 Å². The number of nitrogens with zero attached hydrogens (tertiary/aromatic N) is 2. The summed E-state index contributed by atoms with van der Waals surface area (Å²) in [7, 11) is 6.67. The lowest BCUT2D eigenvalue weighted by molar-refractivity contribution is -0.140. The van der Waals surface area contributed by atoms with Crippen LogP contribution in [0.25, 0.3) is 5.76 Å². The van der Waals surface area contributed by atoms with Gasteiger partial charge < -0.3 is 29.1 Å².